The summed E-state index contributed by atoms with van der Waals surface area (Å²) < 4.78 is 0. The van der Waals surface area contributed by atoms with Crippen LogP contribution in [0.15, 0.2) is 18.5 Å². The van der Waals surface area contributed by atoms with Gasteiger partial charge in [0, 0.05) is 12.4 Å². The maximum absolute atomic E-state index is 10.7. The van der Waals surface area contributed by atoms with Gasteiger partial charge in [-0.25, -0.2) is 14.8 Å². The highest BCUT2D eigenvalue weighted by atomic mass is 16.4. The molecule has 0 aliphatic heterocycles. The number of hydrogen-bond donors (Lipinski definition) is 2. The highest BCUT2D eigenvalue weighted by Crippen LogP contribution is 2.49. The molecule has 2 rings (SSSR count). The summed E-state index contributed by atoms with van der Waals surface area (Å²) in [6.45, 7) is 0. The summed E-state index contributed by atoms with van der Waals surface area (Å²) in [6.07, 6.45) is 2.97. The summed E-state index contributed by atoms with van der Waals surface area (Å²) in [5, 5.41) is 18.2. The highest BCUT2D eigenvalue weighted by molar-refractivity contribution is 5.75. The highest BCUT2D eigenvalue weighted by Gasteiger charge is 2.55. The van der Waals surface area contributed by atoms with E-state index < -0.39 is 17.5 Å². The largest absolute Gasteiger partial charge is 0.479 e. The number of aromatic nitrogens is 2. The Hall–Kier alpha value is -1.49. The van der Waals surface area contributed by atoms with Crippen LogP contribution in [-0.2, 0) is 10.2 Å². The van der Waals surface area contributed by atoms with Crippen LogP contribution >= 0.6 is 0 Å². The molecule has 1 heterocycles. The van der Waals surface area contributed by atoms with E-state index in [2.05, 4.69) is 9.97 Å². The lowest BCUT2D eigenvalue weighted by Crippen LogP contribution is -2.35. The molecule has 1 fully saturated rings. The predicted molar refractivity (Wildman–Crippen MR) is 46.6 cm³/mol. The van der Waals surface area contributed by atoms with E-state index in [0.29, 0.717) is 18.7 Å². The molecule has 1 aromatic heterocycles. The molecule has 0 radical (unpaired) electrons. The van der Waals surface area contributed by atoms with E-state index in [-0.39, 0.29) is 0 Å². The number of nitrogens with zero attached hydrogens (tertiary/aromatic N) is 2. The van der Waals surface area contributed by atoms with Crippen molar-refractivity contribution in [2.24, 2.45) is 0 Å². The summed E-state index contributed by atoms with van der Waals surface area (Å²) in [5.41, 5.74) is -0.743. The van der Waals surface area contributed by atoms with Crippen molar-refractivity contribution in [3.8, 4) is 0 Å². The molecule has 0 saturated heterocycles. The molecule has 1 unspecified atom stereocenters. The zero-order valence-corrected chi connectivity index (χ0v) is 7.42. The third-order valence-corrected chi connectivity index (χ3v) is 2.56. The molecule has 0 bridgehead atoms. The fourth-order valence-corrected chi connectivity index (χ4v) is 1.55. The first kappa shape index (κ1) is 9.08. The standard InChI is InChI=1S/C9H10N2O3/c12-6(7(13)14)9(2-3-9)8-10-4-1-5-11-8/h1,4-6,12H,2-3H2,(H,13,14). The summed E-state index contributed by atoms with van der Waals surface area (Å²) in [7, 11) is 0. The predicted octanol–water partition coefficient (Wildman–Crippen LogP) is -0.0463. The van der Waals surface area contributed by atoms with Gasteiger partial charge in [-0.1, -0.05) is 0 Å². The lowest BCUT2D eigenvalue weighted by molar-refractivity contribution is -0.148. The van der Waals surface area contributed by atoms with Gasteiger partial charge in [0.05, 0.1) is 5.41 Å². The SMILES string of the molecule is O=C(O)C(O)C1(c2ncccn2)CC1. The lowest BCUT2D eigenvalue weighted by atomic mass is 9.98. The molecule has 2 N–H and O–H groups in total. The summed E-state index contributed by atoms with van der Waals surface area (Å²) in [4.78, 5) is 18.6. The van der Waals surface area contributed by atoms with Crippen molar-refractivity contribution >= 4 is 5.97 Å². The average molecular weight is 194 g/mol. The van der Waals surface area contributed by atoms with Crippen LogP contribution in [0.5, 0.6) is 0 Å². The molecule has 1 saturated carbocycles. The Morgan fingerprint density at radius 2 is 2.00 bits per heavy atom. The molecule has 1 aromatic rings. The fraction of sp³-hybridized carbons (Fsp3) is 0.444. The van der Waals surface area contributed by atoms with Gasteiger partial charge in [0.1, 0.15) is 5.82 Å². The summed E-state index contributed by atoms with van der Waals surface area (Å²) in [6, 6.07) is 1.66. The zero-order chi connectivity index (χ0) is 10.2. The van der Waals surface area contributed by atoms with Crippen LogP contribution in [-0.4, -0.2) is 32.3 Å². The smallest absolute Gasteiger partial charge is 0.333 e. The van der Waals surface area contributed by atoms with E-state index in [9.17, 15) is 9.90 Å². The van der Waals surface area contributed by atoms with Gasteiger partial charge in [0.2, 0.25) is 0 Å². The molecule has 5 nitrogen and oxygen atoms in total. The number of aliphatic hydroxyl groups is 1. The first-order valence-corrected chi connectivity index (χ1v) is 4.35. The molecular formula is C9H10N2O3. The Balaban J connectivity index is 2.30. The second-order valence-corrected chi connectivity index (χ2v) is 3.47. The molecule has 0 amide bonds. The van der Waals surface area contributed by atoms with Gasteiger partial charge in [-0.15, -0.1) is 0 Å². The Morgan fingerprint density at radius 3 is 2.43 bits per heavy atom. The van der Waals surface area contributed by atoms with Gasteiger partial charge in [0.25, 0.3) is 0 Å². The molecule has 14 heavy (non-hydrogen) atoms. The van der Waals surface area contributed by atoms with Crippen molar-refractivity contribution in [2.75, 3.05) is 0 Å². The Bertz CT molecular complexity index is 348. The molecule has 1 aliphatic rings. The Labute approximate surface area is 80.4 Å². The Kier molecular flexibility index (Phi) is 1.96. The third kappa shape index (κ3) is 1.26. The van der Waals surface area contributed by atoms with Crippen LogP contribution < -0.4 is 0 Å². The molecule has 1 aliphatic carbocycles. The second kappa shape index (κ2) is 3.02. The van der Waals surface area contributed by atoms with Gasteiger partial charge >= 0.3 is 5.97 Å². The molecule has 74 valence electrons. The maximum atomic E-state index is 10.7. The first-order valence-electron chi connectivity index (χ1n) is 4.35. The summed E-state index contributed by atoms with van der Waals surface area (Å²) >= 11 is 0. The summed E-state index contributed by atoms with van der Waals surface area (Å²) in [5.74, 6) is -0.787. The molecule has 0 spiro atoms. The van der Waals surface area contributed by atoms with E-state index >= 15 is 0 Å². The van der Waals surface area contributed by atoms with Gasteiger partial charge in [-0.2, -0.15) is 0 Å². The van der Waals surface area contributed by atoms with Crippen LogP contribution in [0.25, 0.3) is 0 Å². The molecule has 0 aromatic carbocycles. The molecule has 1 atom stereocenters. The van der Waals surface area contributed by atoms with E-state index in [4.69, 9.17) is 5.11 Å². The topological polar surface area (TPSA) is 83.3 Å². The number of hydrogen-bond acceptors (Lipinski definition) is 4. The van der Waals surface area contributed by atoms with E-state index in [0.717, 1.165) is 0 Å². The fourth-order valence-electron chi connectivity index (χ4n) is 1.55. The minimum atomic E-state index is -1.40. The van der Waals surface area contributed by atoms with E-state index in [1.54, 1.807) is 18.5 Å². The number of carboxylic acid groups (broad SMARTS) is 1. The van der Waals surface area contributed by atoms with Gasteiger partial charge in [-0.05, 0) is 18.9 Å². The monoisotopic (exact) mass is 194 g/mol. The average Bonchev–Trinajstić information content (AvgIpc) is 2.99. The van der Waals surface area contributed by atoms with Crippen molar-refractivity contribution in [3.63, 3.8) is 0 Å². The van der Waals surface area contributed by atoms with Gasteiger partial charge < -0.3 is 10.2 Å². The van der Waals surface area contributed by atoms with Crippen LogP contribution in [0.4, 0.5) is 0 Å². The third-order valence-electron chi connectivity index (χ3n) is 2.56. The van der Waals surface area contributed by atoms with Crippen LogP contribution in [0.2, 0.25) is 0 Å². The van der Waals surface area contributed by atoms with Gasteiger partial charge in [-0.3, -0.25) is 0 Å². The minimum Gasteiger partial charge on any atom is -0.479 e. The number of aliphatic hydroxyl groups excluding tert-OH is 1. The van der Waals surface area contributed by atoms with Crippen LogP contribution in [0.1, 0.15) is 18.7 Å². The first-order chi connectivity index (χ1) is 6.67. The number of carbonyl (C=O) groups is 1. The van der Waals surface area contributed by atoms with Gasteiger partial charge in [0.15, 0.2) is 6.10 Å². The van der Waals surface area contributed by atoms with Crippen molar-refractivity contribution < 1.29 is 15.0 Å². The number of carboxylic acids is 1. The van der Waals surface area contributed by atoms with Crippen molar-refractivity contribution in [3.05, 3.63) is 24.3 Å². The molecule has 5 heteroatoms. The van der Waals surface area contributed by atoms with Crippen molar-refractivity contribution in [2.45, 2.75) is 24.4 Å². The van der Waals surface area contributed by atoms with E-state index in [1.807, 2.05) is 0 Å². The number of rotatable bonds is 3. The zero-order valence-electron chi connectivity index (χ0n) is 7.42. The second-order valence-electron chi connectivity index (χ2n) is 3.47. The normalized spacial score (nSPS) is 20.1. The van der Waals surface area contributed by atoms with Crippen molar-refractivity contribution in [1.29, 1.82) is 0 Å². The number of aliphatic carboxylic acids is 1. The minimum absolute atomic E-state index is 0.426. The molecular weight excluding hydrogens is 184 g/mol. The maximum Gasteiger partial charge on any atom is 0.333 e. The quantitative estimate of drug-likeness (QED) is 0.705. The lowest BCUT2D eigenvalue weighted by Gasteiger charge is -2.16. The van der Waals surface area contributed by atoms with Crippen LogP contribution in [0, 0.1) is 0 Å². The Morgan fingerprint density at radius 1 is 1.43 bits per heavy atom. The van der Waals surface area contributed by atoms with Crippen LogP contribution in [0.3, 0.4) is 0 Å². The van der Waals surface area contributed by atoms with Crippen molar-refractivity contribution in [1.82, 2.24) is 9.97 Å². The van der Waals surface area contributed by atoms with E-state index in [1.165, 1.54) is 0 Å².